The molecule has 1 aromatic carbocycles. The predicted molar refractivity (Wildman–Crippen MR) is 101 cm³/mol. The van der Waals surface area contributed by atoms with Crippen LogP contribution in [0.4, 0.5) is 4.79 Å². The van der Waals surface area contributed by atoms with Crippen LogP contribution >= 0.6 is 23.2 Å². The number of benzene rings is 1. The Morgan fingerprint density at radius 3 is 2.72 bits per heavy atom. The smallest absolute Gasteiger partial charge is 0.407 e. The molecule has 25 heavy (non-hydrogen) atoms. The summed E-state index contributed by atoms with van der Waals surface area (Å²) in [6.45, 7) is 4.46. The number of carbonyl (C=O) groups is 1. The molecule has 0 spiro atoms. The summed E-state index contributed by atoms with van der Waals surface area (Å²) in [6.07, 6.45) is 1.75. The van der Waals surface area contributed by atoms with Gasteiger partial charge < -0.3 is 21.1 Å². The van der Waals surface area contributed by atoms with Gasteiger partial charge in [0, 0.05) is 10.0 Å². The fraction of sp³-hybridized carbons (Fsp3) is 0.529. The first-order chi connectivity index (χ1) is 11.9. The minimum Gasteiger partial charge on any atom is -0.450 e. The van der Waals surface area contributed by atoms with Gasteiger partial charge in [0.05, 0.1) is 25.2 Å². The Morgan fingerprint density at radius 2 is 2.12 bits per heavy atom. The van der Waals surface area contributed by atoms with Gasteiger partial charge in [-0.1, -0.05) is 29.3 Å². The van der Waals surface area contributed by atoms with Gasteiger partial charge in [-0.05, 0) is 50.3 Å². The third kappa shape index (κ3) is 6.29. The van der Waals surface area contributed by atoms with E-state index in [4.69, 9.17) is 33.7 Å². The monoisotopic (exact) mass is 386 g/mol. The van der Waals surface area contributed by atoms with Crippen LogP contribution in [-0.2, 0) is 4.74 Å². The van der Waals surface area contributed by atoms with Crippen molar-refractivity contribution < 1.29 is 9.53 Å². The Bertz CT molecular complexity index is 635. The number of nitrogens with two attached hydrogens (primary N) is 1. The summed E-state index contributed by atoms with van der Waals surface area (Å²) < 4.78 is 4.93. The maximum Gasteiger partial charge on any atom is 0.407 e. The molecule has 1 aliphatic rings. The zero-order chi connectivity index (χ0) is 18.4. The van der Waals surface area contributed by atoms with E-state index in [1.165, 1.54) is 0 Å². The van der Waals surface area contributed by atoms with Crippen molar-refractivity contribution in [1.82, 2.24) is 10.6 Å². The molecule has 2 unspecified atom stereocenters. The van der Waals surface area contributed by atoms with Gasteiger partial charge in [-0.2, -0.15) is 0 Å². The highest BCUT2D eigenvalue weighted by molar-refractivity contribution is 6.35. The molecule has 0 radical (unpaired) electrons. The molecule has 0 aromatic heterocycles. The van der Waals surface area contributed by atoms with E-state index in [1.54, 1.807) is 19.1 Å². The first-order valence-corrected chi connectivity index (χ1v) is 9.11. The molecule has 2 atom stereocenters. The second-order valence-corrected chi connectivity index (χ2v) is 6.91. The van der Waals surface area contributed by atoms with Crippen LogP contribution in [0.25, 0.3) is 0 Å². The van der Waals surface area contributed by atoms with Gasteiger partial charge in [0.1, 0.15) is 0 Å². The summed E-state index contributed by atoms with van der Waals surface area (Å²) in [5.74, 6) is 0.735. The summed E-state index contributed by atoms with van der Waals surface area (Å²) in [4.78, 5) is 16.0. The van der Waals surface area contributed by atoms with Gasteiger partial charge in [-0.15, -0.1) is 0 Å². The van der Waals surface area contributed by atoms with Crippen molar-refractivity contribution in [2.75, 3.05) is 13.2 Å². The topological polar surface area (TPSA) is 88.7 Å². The first kappa shape index (κ1) is 19.7. The number of ether oxygens (including phenoxy) is 1. The largest absolute Gasteiger partial charge is 0.450 e. The molecule has 2 rings (SSSR count). The lowest BCUT2D eigenvalue weighted by atomic mass is 10.1. The van der Waals surface area contributed by atoms with Crippen LogP contribution in [0.5, 0.6) is 0 Å². The molecule has 138 valence electrons. The van der Waals surface area contributed by atoms with Crippen molar-refractivity contribution >= 4 is 35.3 Å². The number of aliphatic imine (C=N–C) groups is 1. The highest BCUT2D eigenvalue weighted by atomic mass is 35.5. The molecule has 0 saturated heterocycles. The van der Waals surface area contributed by atoms with Gasteiger partial charge in [0.15, 0.2) is 5.96 Å². The lowest BCUT2D eigenvalue weighted by Crippen LogP contribution is -2.41. The van der Waals surface area contributed by atoms with E-state index < -0.39 is 6.09 Å². The molecule has 4 N–H and O–H groups in total. The second-order valence-electron chi connectivity index (χ2n) is 6.07. The Kier molecular flexibility index (Phi) is 7.20. The van der Waals surface area contributed by atoms with E-state index >= 15 is 0 Å². The van der Waals surface area contributed by atoms with Crippen LogP contribution in [0.15, 0.2) is 23.2 Å². The third-order valence-electron chi connectivity index (χ3n) is 4.02. The Labute approximate surface area is 158 Å². The van der Waals surface area contributed by atoms with Crippen LogP contribution in [0.3, 0.4) is 0 Å². The number of amides is 1. The van der Waals surface area contributed by atoms with Crippen LogP contribution in [0.1, 0.15) is 38.3 Å². The minimum absolute atomic E-state index is 0.0613. The quantitative estimate of drug-likeness (QED) is 0.494. The fourth-order valence-corrected chi connectivity index (χ4v) is 3.10. The maximum absolute atomic E-state index is 11.6. The number of hydrogen-bond donors (Lipinski definition) is 3. The maximum atomic E-state index is 11.6. The molecular weight excluding hydrogens is 363 g/mol. The Morgan fingerprint density at radius 1 is 1.40 bits per heavy atom. The van der Waals surface area contributed by atoms with E-state index in [1.807, 2.05) is 13.0 Å². The predicted octanol–water partition coefficient (Wildman–Crippen LogP) is 3.48. The van der Waals surface area contributed by atoms with Crippen LogP contribution in [0.2, 0.25) is 10.0 Å². The number of nitrogens with zero attached hydrogens (tertiary/aromatic N) is 1. The average molecular weight is 387 g/mol. The molecular formula is C17H24Cl2N4O2. The van der Waals surface area contributed by atoms with Gasteiger partial charge in [0.25, 0.3) is 0 Å². The molecule has 1 saturated carbocycles. The van der Waals surface area contributed by atoms with E-state index in [9.17, 15) is 4.79 Å². The Balaban J connectivity index is 1.91. The second kappa shape index (κ2) is 9.15. The third-order valence-corrected chi connectivity index (χ3v) is 4.58. The number of carbonyl (C=O) groups excluding carboxylic acids is 1. The van der Waals surface area contributed by atoms with Gasteiger partial charge in [-0.25, -0.2) is 4.79 Å². The summed E-state index contributed by atoms with van der Waals surface area (Å²) >= 11 is 12.1. The number of rotatable bonds is 7. The summed E-state index contributed by atoms with van der Waals surface area (Å²) in [5, 5.41) is 7.11. The van der Waals surface area contributed by atoms with Crippen LogP contribution in [0, 0.1) is 5.92 Å². The SMILES string of the molecule is CCOC(=O)NC(CN=C(N)NC(C)c1ccc(Cl)cc1Cl)C1CC1. The molecule has 1 fully saturated rings. The van der Waals surface area contributed by atoms with Crippen LogP contribution < -0.4 is 16.4 Å². The normalized spacial score (nSPS) is 16.9. The highest BCUT2D eigenvalue weighted by Gasteiger charge is 2.32. The van der Waals surface area contributed by atoms with E-state index in [-0.39, 0.29) is 12.1 Å². The Hall–Kier alpha value is -1.66. The van der Waals surface area contributed by atoms with Crippen molar-refractivity contribution in [3.8, 4) is 0 Å². The van der Waals surface area contributed by atoms with Gasteiger partial charge >= 0.3 is 6.09 Å². The minimum atomic E-state index is -0.414. The fourth-order valence-electron chi connectivity index (χ4n) is 2.53. The molecule has 1 aliphatic carbocycles. The zero-order valence-corrected chi connectivity index (χ0v) is 15.9. The van der Waals surface area contributed by atoms with E-state index in [0.29, 0.717) is 35.1 Å². The van der Waals surface area contributed by atoms with Crippen molar-refractivity contribution in [3.05, 3.63) is 33.8 Å². The molecule has 6 nitrogen and oxygen atoms in total. The lowest BCUT2D eigenvalue weighted by molar-refractivity contribution is 0.147. The van der Waals surface area contributed by atoms with E-state index in [2.05, 4.69) is 15.6 Å². The van der Waals surface area contributed by atoms with E-state index in [0.717, 1.165) is 18.4 Å². The van der Waals surface area contributed by atoms with Crippen LogP contribution in [-0.4, -0.2) is 31.2 Å². The number of guanidine groups is 1. The summed E-state index contributed by atoms with van der Waals surface area (Å²) in [5.41, 5.74) is 6.86. The molecule has 0 heterocycles. The van der Waals surface area contributed by atoms with Crippen molar-refractivity contribution in [2.45, 2.75) is 38.8 Å². The number of hydrogen-bond acceptors (Lipinski definition) is 3. The first-order valence-electron chi connectivity index (χ1n) is 8.35. The summed E-state index contributed by atoms with van der Waals surface area (Å²) in [6, 6.07) is 5.14. The standard InChI is InChI=1S/C17H24Cl2N4O2/c1-3-25-17(24)23-15(11-4-5-11)9-21-16(20)22-10(2)13-7-6-12(18)8-14(13)19/h6-8,10-11,15H,3-5,9H2,1-2H3,(H,23,24)(H3,20,21,22). The number of alkyl carbamates (subject to hydrolysis) is 1. The summed E-state index contributed by atoms with van der Waals surface area (Å²) in [7, 11) is 0. The average Bonchev–Trinajstić information content (AvgIpc) is 3.36. The molecule has 0 aliphatic heterocycles. The highest BCUT2D eigenvalue weighted by Crippen LogP contribution is 2.33. The van der Waals surface area contributed by atoms with Gasteiger partial charge in [-0.3, -0.25) is 4.99 Å². The van der Waals surface area contributed by atoms with Crippen molar-refractivity contribution in [1.29, 1.82) is 0 Å². The zero-order valence-electron chi connectivity index (χ0n) is 14.4. The molecule has 0 bridgehead atoms. The molecule has 8 heteroatoms. The number of nitrogens with one attached hydrogen (secondary N) is 2. The van der Waals surface area contributed by atoms with Crippen molar-refractivity contribution in [2.24, 2.45) is 16.6 Å². The molecule has 1 aromatic rings. The molecule has 1 amide bonds. The van der Waals surface area contributed by atoms with Crippen molar-refractivity contribution in [3.63, 3.8) is 0 Å². The van der Waals surface area contributed by atoms with Gasteiger partial charge in [0.2, 0.25) is 0 Å². The lowest BCUT2D eigenvalue weighted by Gasteiger charge is -2.18. The number of halogens is 2.